The maximum atomic E-state index is 5.52. The van der Waals surface area contributed by atoms with Gasteiger partial charge < -0.3 is 5.73 Å². The minimum Gasteiger partial charge on any atom is -0.330 e. The van der Waals surface area contributed by atoms with E-state index in [9.17, 15) is 0 Å². The number of halogens is 1. The van der Waals surface area contributed by atoms with Gasteiger partial charge in [0, 0.05) is 0 Å². The Morgan fingerprint density at radius 2 is 1.89 bits per heavy atom. The molecule has 0 aliphatic rings. The molecule has 1 aromatic heterocycles. The number of aromatic nitrogens is 2. The summed E-state index contributed by atoms with van der Waals surface area (Å²) in [4.78, 5) is 0. The summed E-state index contributed by atoms with van der Waals surface area (Å²) in [5, 5.41) is 4.52. The van der Waals surface area contributed by atoms with Crippen LogP contribution in [0.1, 0.15) is 23.4 Å². The Morgan fingerprint density at radius 1 is 1.22 bits per heavy atom. The zero-order valence-electron chi connectivity index (χ0n) is 10.8. The first kappa shape index (κ1) is 13.3. The van der Waals surface area contributed by atoms with Gasteiger partial charge in [-0.05, 0) is 66.9 Å². The molecule has 18 heavy (non-hydrogen) atoms. The summed E-state index contributed by atoms with van der Waals surface area (Å²) >= 11 is 3.55. The summed E-state index contributed by atoms with van der Waals surface area (Å²) in [5.74, 6) is 0. The van der Waals surface area contributed by atoms with Gasteiger partial charge in [-0.25, -0.2) is 4.68 Å². The van der Waals surface area contributed by atoms with Crippen molar-refractivity contribution in [2.75, 3.05) is 6.54 Å². The first-order chi connectivity index (χ1) is 8.63. The van der Waals surface area contributed by atoms with Gasteiger partial charge >= 0.3 is 0 Å². The van der Waals surface area contributed by atoms with Crippen molar-refractivity contribution in [1.82, 2.24) is 9.78 Å². The number of rotatable bonds is 4. The summed E-state index contributed by atoms with van der Waals surface area (Å²) < 4.78 is 3.04. The number of hydrogen-bond donors (Lipinski definition) is 1. The van der Waals surface area contributed by atoms with E-state index in [1.807, 2.05) is 11.6 Å². The third kappa shape index (κ3) is 2.65. The van der Waals surface area contributed by atoms with Crippen LogP contribution in [0.2, 0.25) is 0 Å². The number of aryl methyl sites for hydroxylation is 2. The molecule has 0 spiro atoms. The summed E-state index contributed by atoms with van der Waals surface area (Å²) in [5.41, 5.74) is 10.1. The van der Waals surface area contributed by atoms with Crippen molar-refractivity contribution in [2.24, 2.45) is 5.73 Å². The van der Waals surface area contributed by atoms with E-state index < -0.39 is 0 Å². The van der Waals surface area contributed by atoms with E-state index in [4.69, 9.17) is 5.73 Å². The fourth-order valence-electron chi connectivity index (χ4n) is 1.99. The lowest BCUT2D eigenvalue weighted by atomic mass is 10.1. The van der Waals surface area contributed by atoms with Gasteiger partial charge in [-0.15, -0.1) is 0 Å². The van der Waals surface area contributed by atoms with Crippen LogP contribution in [0.25, 0.3) is 5.69 Å². The molecule has 3 nitrogen and oxygen atoms in total. The van der Waals surface area contributed by atoms with E-state index in [1.165, 1.54) is 5.56 Å². The summed E-state index contributed by atoms with van der Waals surface area (Å²) in [6, 6.07) is 8.51. The van der Waals surface area contributed by atoms with Crippen LogP contribution in [0, 0.1) is 13.8 Å². The van der Waals surface area contributed by atoms with E-state index >= 15 is 0 Å². The minimum atomic E-state index is 0.742. The third-order valence-electron chi connectivity index (χ3n) is 3.05. The SMILES string of the molecule is Cc1nn(-c2ccc(CCCN)cc2)c(C)c1Br. The molecule has 0 bridgehead atoms. The third-order valence-corrected chi connectivity index (χ3v) is 4.20. The Hall–Kier alpha value is -1.13. The molecule has 0 radical (unpaired) electrons. The average Bonchev–Trinajstić information content (AvgIpc) is 2.65. The molecule has 2 rings (SSSR count). The molecule has 4 heteroatoms. The Balaban J connectivity index is 2.26. The van der Waals surface area contributed by atoms with Crippen molar-refractivity contribution in [3.05, 3.63) is 45.7 Å². The molecule has 1 aromatic carbocycles. The van der Waals surface area contributed by atoms with Crippen LogP contribution < -0.4 is 5.73 Å². The van der Waals surface area contributed by atoms with Crippen molar-refractivity contribution >= 4 is 15.9 Å². The molecular weight excluding hydrogens is 290 g/mol. The van der Waals surface area contributed by atoms with Crippen LogP contribution in [0.3, 0.4) is 0 Å². The largest absolute Gasteiger partial charge is 0.330 e. The molecule has 0 aliphatic carbocycles. The first-order valence-corrected chi connectivity index (χ1v) is 6.94. The second-order valence-electron chi connectivity index (χ2n) is 4.46. The summed E-state index contributed by atoms with van der Waals surface area (Å²) in [6.45, 7) is 4.81. The lowest BCUT2D eigenvalue weighted by molar-refractivity contribution is 0.821. The molecule has 2 N–H and O–H groups in total. The standard InChI is InChI=1S/C14H18BrN3/c1-10-14(15)11(2)18(17-10)13-7-5-12(6-8-13)4-3-9-16/h5-8H,3-4,9,16H2,1-2H3. The Labute approximate surface area is 116 Å². The van der Waals surface area contributed by atoms with Crippen LogP contribution in [0.4, 0.5) is 0 Å². The van der Waals surface area contributed by atoms with Gasteiger partial charge in [0.25, 0.3) is 0 Å². The molecule has 0 amide bonds. The molecule has 1 heterocycles. The minimum absolute atomic E-state index is 0.742. The second-order valence-corrected chi connectivity index (χ2v) is 5.25. The lowest BCUT2D eigenvalue weighted by Crippen LogP contribution is -2.01. The number of benzene rings is 1. The zero-order valence-corrected chi connectivity index (χ0v) is 12.4. The number of nitrogens with zero attached hydrogens (tertiary/aromatic N) is 2. The Morgan fingerprint density at radius 3 is 2.39 bits per heavy atom. The Kier molecular flexibility index (Phi) is 4.19. The maximum Gasteiger partial charge on any atom is 0.0743 e. The van der Waals surface area contributed by atoms with Crippen LogP contribution in [-0.4, -0.2) is 16.3 Å². The first-order valence-electron chi connectivity index (χ1n) is 6.14. The second kappa shape index (κ2) is 5.67. The van der Waals surface area contributed by atoms with Crippen LogP contribution in [0.5, 0.6) is 0 Å². The van der Waals surface area contributed by atoms with Gasteiger partial charge in [-0.1, -0.05) is 12.1 Å². The van der Waals surface area contributed by atoms with Gasteiger partial charge in [0.2, 0.25) is 0 Å². The van der Waals surface area contributed by atoms with Crippen LogP contribution in [0.15, 0.2) is 28.7 Å². The zero-order chi connectivity index (χ0) is 13.1. The van der Waals surface area contributed by atoms with E-state index in [2.05, 4.69) is 52.2 Å². The highest BCUT2D eigenvalue weighted by molar-refractivity contribution is 9.10. The fourth-order valence-corrected chi connectivity index (χ4v) is 2.23. The lowest BCUT2D eigenvalue weighted by Gasteiger charge is -2.06. The van der Waals surface area contributed by atoms with Gasteiger partial charge in [-0.3, -0.25) is 0 Å². The predicted octanol–water partition coefficient (Wildman–Crippen LogP) is 3.14. The predicted molar refractivity (Wildman–Crippen MR) is 78.1 cm³/mol. The highest BCUT2D eigenvalue weighted by Gasteiger charge is 2.09. The molecule has 0 atom stereocenters. The average molecular weight is 308 g/mol. The summed E-state index contributed by atoms with van der Waals surface area (Å²) in [7, 11) is 0. The molecule has 2 aromatic rings. The quantitative estimate of drug-likeness (QED) is 0.943. The van der Waals surface area contributed by atoms with Crippen molar-refractivity contribution in [3.8, 4) is 5.69 Å². The van der Waals surface area contributed by atoms with Gasteiger partial charge in [0.1, 0.15) is 0 Å². The Bertz CT molecular complexity index is 529. The van der Waals surface area contributed by atoms with Gasteiger partial charge in [0.15, 0.2) is 0 Å². The highest BCUT2D eigenvalue weighted by Crippen LogP contribution is 2.23. The highest BCUT2D eigenvalue weighted by atomic mass is 79.9. The van der Waals surface area contributed by atoms with Gasteiger partial charge in [0.05, 0.1) is 21.5 Å². The molecule has 0 saturated carbocycles. The maximum absolute atomic E-state index is 5.52. The molecule has 0 fully saturated rings. The van der Waals surface area contributed by atoms with Crippen molar-refractivity contribution in [2.45, 2.75) is 26.7 Å². The summed E-state index contributed by atoms with van der Waals surface area (Å²) in [6.07, 6.45) is 2.07. The van der Waals surface area contributed by atoms with Crippen molar-refractivity contribution in [3.63, 3.8) is 0 Å². The van der Waals surface area contributed by atoms with E-state index in [-0.39, 0.29) is 0 Å². The number of hydrogen-bond acceptors (Lipinski definition) is 2. The van der Waals surface area contributed by atoms with Crippen LogP contribution in [-0.2, 0) is 6.42 Å². The normalized spacial score (nSPS) is 10.9. The molecule has 0 aliphatic heterocycles. The fraction of sp³-hybridized carbons (Fsp3) is 0.357. The van der Waals surface area contributed by atoms with E-state index in [0.29, 0.717) is 0 Å². The van der Waals surface area contributed by atoms with Gasteiger partial charge in [-0.2, -0.15) is 5.10 Å². The van der Waals surface area contributed by atoms with E-state index in [1.54, 1.807) is 0 Å². The molecular formula is C14H18BrN3. The molecule has 96 valence electrons. The number of nitrogens with two attached hydrogens (primary N) is 1. The molecule has 0 unspecified atom stereocenters. The van der Waals surface area contributed by atoms with Crippen molar-refractivity contribution < 1.29 is 0 Å². The van der Waals surface area contributed by atoms with E-state index in [0.717, 1.165) is 40.9 Å². The van der Waals surface area contributed by atoms with Crippen LogP contribution >= 0.6 is 15.9 Å². The molecule has 0 saturated heterocycles. The van der Waals surface area contributed by atoms with Crippen molar-refractivity contribution in [1.29, 1.82) is 0 Å². The topological polar surface area (TPSA) is 43.8 Å². The smallest absolute Gasteiger partial charge is 0.0743 e. The monoisotopic (exact) mass is 307 g/mol.